The topological polar surface area (TPSA) is 58.5 Å². The van der Waals surface area contributed by atoms with Crippen LogP contribution in [0, 0.1) is 0 Å². The summed E-state index contributed by atoms with van der Waals surface area (Å²) in [4.78, 5) is 8.50. The Balaban J connectivity index is 1.60. The molecular weight excluding hydrogens is 276 g/mol. The van der Waals surface area contributed by atoms with Gasteiger partial charge in [-0.15, -0.1) is 0 Å². The molecule has 1 aromatic rings. The number of aliphatic imine (C=N–C) groups is 1. The molecule has 1 aliphatic rings. The minimum absolute atomic E-state index is 0.452. The molecule has 1 aromatic heterocycles. The van der Waals surface area contributed by atoms with E-state index in [1.165, 1.54) is 38.5 Å². The summed E-state index contributed by atoms with van der Waals surface area (Å²) in [5.41, 5.74) is 1.00. The summed E-state index contributed by atoms with van der Waals surface area (Å²) in [6, 6.07) is 5.90. The van der Waals surface area contributed by atoms with Crippen LogP contribution in [0.4, 0.5) is 0 Å². The molecule has 0 aromatic carbocycles. The van der Waals surface area contributed by atoms with E-state index in [1.807, 2.05) is 18.2 Å². The molecule has 0 unspecified atom stereocenters. The fraction of sp³-hybridized carbons (Fsp3) is 0.647. The Hall–Kier alpha value is -1.62. The second-order valence-electron chi connectivity index (χ2n) is 5.66. The predicted octanol–water partition coefficient (Wildman–Crippen LogP) is 2.49. The van der Waals surface area contributed by atoms with Gasteiger partial charge in [-0.05, 0) is 25.0 Å². The molecule has 0 saturated heterocycles. The molecule has 2 N–H and O–H groups in total. The zero-order chi connectivity index (χ0) is 15.5. The maximum atomic E-state index is 5.96. The van der Waals surface area contributed by atoms with Crippen LogP contribution in [0.1, 0.15) is 44.2 Å². The standard InChI is InChI=1S/C17H28N4O/c1-18-17(21-14-15-8-6-7-11-19-15)20-12-13-22-16-9-4-2-3-5-10-16/h6-8,11,16H,2-5,9-10,12-14H2,1H3,(H2,18,20,21). The molecule has 1 fully saturated rings. The molecule has 0 aliphatic heterocycles. The zero-order valence-electron chi connectivity index (χ0n) is 13.6. The fourth-order valence-corrected chi connectivity index (χ4v) is 2.70. The molecule has 1 aliphatic carbocycles. The van der Waals surface area contributed by atoms with Gasteiger partial charge in [0.1, 0.15) is 0 Å². The van der Waals surface area contributed by atoms with Crippen molar-refractivity contribution in [2.75, 3.05) is 20.2 Å². The molecule has 122 valence electrons. The van der Waals surface area contributed by atoms with Crippen LogP contribution < -0.4 is 10.6 Å². The normalized spacial score (nSPS) is 17.0. The molecule has 5 nitrogen and oxygen atoms in total. The fourth-order valence-electron chi connectivity index (χ4n) is 2.70. The van der Waals surface area contributed by atoms with Crippen LogP contribution in [0.5, 0.6) is 0 Å². The molecule has 0 radical (unpaired) electrons. The lowest BCUT2D eigenvalue weighted by atomic mass is 10.1. The van der Waals surface area contributed by atoms with Crippen molar-refractivity contribution in [2.24, 2.45) is 4.99 Å². The van der Waals surface area contributed by atoms with Crippen molar-refractivity contribution in [3.63, 3.8) is 0 Å². The van der Waals surface area contributed by atoms with E-state index in [-0.39, 0.29) is 0 Å². The summed E-state index contributed by atoms with van der Waals surface area (Å²) in [5, 5.41) is 6.54. The third kappa shape index (κ3) is 6.43. The lowest BCUT2D eigenvalue weighted by Crippen LogP contribution is -2.39. The Kier molecular flexibility index (Phi) is 7.74. The van der Waals surface area contributed by atoms with Gasteiger partial charge < -0.3 is 15.4 Å². The van der Waals surface area contributed by atoms with Gasteiger partial charge in [0, 0.05) is 19.8 Å². The average Bonchev–Trinajstić information content (AvgIpc) is 2.84. The van der Waals surface area contributed by atoms with Crippen molar-refractivity contribution in [1.29, 1.82) is 0 Å². The number of guanidine groups is 1. The van der Waals surface area contributed by atoms with Crippen molar-refractivity contribution in [2.45, 2.75) is 51.2 Å². The van der Waals surface area contributed by atoms with E-state index in [2.05, 4.69) is 20.6 Å². The van der Waals surface area contributed by atoms with Crippen molar-refractivity contribution < 1.29 is 4.74 Å². The van der Waals surface area contributed by atoms with Crippen LogP contribution in [-0.4, -0.2) is 37.2 Å². The second-order valence-corrected chi connectivity index (χ2v) is 5.66. The van der Waals surface area contributed by atoms with Crippen LogP contribution >= 0.6 is 0 Å². The Labute approximate surface area is 133 Å². The van der Waals surface area contributed by atoms with Crippen molar-refractivity contribution >= 4 is 5.96 Å². The molecular formula is C17H28N4O. The smallest absolute Gasteiger partial charge is 0.191 e. The summed E-state index contributed by atoms with van der Waals surface area (Å²) in [7, 11) is 1.78. The van der Waals surface area contributed by atoms with Crippen molar-refractivity contribution in [3.05, 3.63) is 30.1 Å². The summed E-state index contributed by atoms with van der Waals surface area (Å²) >= 11 is 0. The van der Waals surface area contributed by atoms with Gasteiger partial charge in [0.25, 0.3) is 0 Å². The van der Waals surface area contributed by atoms with Crippen molar-refractivity contribution in [1.82, 2.24) is 15.6 Å². The molecule has 22 heavy (non-hydrogen) atoms. The van der Waals surface area contributed by atoms with E-state index >= 15 is 0 Å². The number of hydrogen-bond donors (Lipinski definition) is 2. The van der Waals surface area contributed by atoms with E-state index < -0.39 is 0 Å². The first-order chi connectivity index (χ1) is 10.9. The zero-order valence-corrected chi connectivity index (χ0v) is 13.6. The molecule has 1 heterocycles. The summed E-state index contributed by atoms with van der Waals surface area (Å²) in [5.74, 6) is 0.787. The van der Waals surface area contributed by atoms with Gasteiger partial charge in [-0.2, -0.15) is 0 Å². The predicted molar refractivity (Wildman–Crippen MR) is 89.9 cm³/mol. The van der Waals surface area contributed by atoms with Gasteiger partial charge in [0.2, 0.25) is 0 Å². The number of ether oxygens (including phenoxy) is 1. The third-order valence-corrected chi connectivity index (χ3v) is 3.94. The highest BCUT2D eigenvalue weighted by molar-refractivity contribution is 5.79. The van der Waals surface area contributed by atoms with Gasteiger partial charge in [-0.1, -0.05) is 31.7 Å². The highest BCUT2D eigenvalue weighted by Gasteiger charge is 2.12. The van der Waals surface area contributed by atoms with Crippen LogP contribution in [-0.2, 0) is 11.3 Å². The van der Waals surface area contributed by atoms with Crippen LogP contribution in [0.25, 0.3) is 0 Å². The quantitative estimate of drug-likeness (QED) is 0.367. The van der Waals surface area contributed by atoms with Gasteiger partial charge in [-0.25, -0.2) is 0 Å². The minimum atomic E-state index is 0.452. The van der Waals surface area contributed by atoms with Crippen molar-refractivity contribution in [3.8, 4) is 0 Å². The van der Waals surface area contributed by atoms with E-state index in [9.17, 15) is 0 Å². The first-order valence-corrected chi connectivity index (χ1v) is 8.34. The summed E-state index contributed by atoms with van der Waals surface area (Å²) in [6.07, 6.45) is 10.0. The monoisotopic (exact) mass is 304 g/mol. The second kappa shape index (κ2) is 10.2. The van der Waals surface area contributed by atoms with Crippen LogP contribution in [0.2, 0.25) is 0 Å². The first kappa shape index (κ1) is 16.7. The number of rotatable bonds is 6. The van der Waals surface area contributed by atoms with Crippen LogP contribution in [0.15, 0.2) is 29.4 Å². The number of aromatic nitrogens is 1. The van der Waals surface area contributed by atoms with Gasteiger partial charge in [0.05, 0.1) is 24.9 Å². The Morgan fingerprint density at radius 3 is 2.73 bits per heavy atom. The maximum absolute atomic E-state index is 5.96. The number of nitrogens with zero attached hydrogens (tertiary/aromatic N) is 2. The van der Waals surface area contributed by atoms with E-state index in [0.29, 0.717) is 12.6 Å². The minimum Gasteiger partial charge on any atom is -0.376 e. The number of pyridine rings is 1. The lowest BCUT2D eigenvalue weighted by Gasteiger charge is -2.16. The van der Waals surface area contributed by atoms with Gasteiger partial charge >= 0.3 is 0 Å². The molecule has 0 amide bonds. The molecule has 2 rings (SSSR count). The highest BCUT2D eigenvalue weighted by atomic mass is 16.5. The number of hydrogen-bond acceptors (Lipinski definition) is 3. The highest BCUT2D eigenvalue weighted by Crippen LogP contribution is 2.19. The maximum Gasteiger partial charge on any atom is 0.191 e. The van der Waals surface area contributed by atoms with Crippen LogP contribution in [0.3, 0.4) is 0 Å². The Morgan fingerprint density at radius 1 is 1.23 bits per heavy atom. The summed E-state index contributed by atoms with van der Waals surface area (Å²) in [6.45, 7) is 2.18. The van der Waals surface area contributed by atoms with Gasteiger partial charge in [0.15, 0.2) is 5.96 Å². The molecule has 0 bridgehead atoms. The SMILES string of the molecule is CN=C(NCCOC1CCCCCC1)NCc1ccccn1. The molecule has 0 atom stereocenters. The Bertz CT molecular complexity index is 428. The van der Waals surface area contributed by atoms with E-state index in [4.69, 9.17) is 4.74 Å². The number of nitrogens with one attached hydrogen (secondary N) is 2. The Morgan fingerprint density at radius 2 is 2.05 bits per heavy atom. The summed E-state index contributed by atoms with van der Waals surface area (Å²) < 4.78 is 5.96. The van der Waals surface area contributed by atoms with E-state index in [0.717, 1.165) is 24.8 Å². The average molecular weight is 304 g/mol. The molecule has 1 saturated carbocycles. The first-order valence-electron chi connectivity index (χ1n) is 8.34. The molecule has 5 heteroatoms. The van der Waals surface area contributed by atoms with E-state index in [1.54, 1.807) is 13.2 Å². The third-order valence-electron chi connectivity index (χ3n) is 3.94. The van der Waals surface area contributed by atoms with Gasteiger partial charge in [-0.3, -0.25) is 9.98 Å². The molecule has 0 spiro atoms. The lowest BCUT2D eigenvalue weighted by molar-refractivity contribution is 0.0468. The largest absolute Gasteiger partial charge is 0.376 e.